The van der Waals surface area contributed by atoms with Crippen LogP contribution in [0.15, 0.2) is 24.5 Å². The van der Waals surface area contributed by atoms with Crippen molar-refractivity contribution in [3.05, 3.63) is 35.7 Å². The van der Waals surface area contributed by atoms with Crippen molar-refractivity contribution >= 4 is 17.7 Å². The SMILES string of the molecule is Cc1cc(-n2cnnn2)cc(/C=C/C(=O)O)c1N. The van der Waals surface area contributed by atoms with Crippen molar-refractivity contribution < 1.29 is 9.90 Å². The first kappa shape index (κ1) is 11.8. The minimum atomic E-state index is -1.03. The van der Waals surface area contributed by atoms with Gasteiger partial charge in [0.05, 0.1) is 5.69 Å². The molecule has 0 bridgehead atoms. The molecule has 0 unspecified atom stereocenters. The third kappa shape index (κ3) is 2.34. The van der Waals surface area contributed by atoms with Gasteiger partial charge in [-0.25, -0.2) is 9.48 Å². The van der Waals surface area contributed by atoms with Crippen LogP contribution in [0, 0.1) is 6.92 Å². The number of carboxylic acid groups (broad SMARTS) is 1. The molecule has 0 aliphatic rings. The lowest BCUT2D eigenvalue weighted by molar-refractivity contribution is -0.131. The maximum atomic E-state index is 10.5. The molecule has 0 spiro atoms. The maximum Gasteiger partial charge on any atom is 0.328 e. The number of hydrogen-bond acceptors (Lipinski definition) is 5. The van der Waals surface area contributed by atoms with Gasteiger partial charge in [-0.3, -0.25) is 0 Å². The first-order valence-corrected chi connectivity index (χ1v) is 5.12. The average Bonchev–Trinajstić information content (AvgIpc) is 2.84. The van der Waals surface area contributed by atoms with Crippen LogP contribution >= 0.6 is 0 Å². The quantitative estimate of drug-likeness (QED) is 0.607. The van der Waals surface area contributed by atoms with Crippen LogP contribution in [0.2, 0.25) is 0 Å². The molecule has 7 heteroatoms. The summed E-state index contributed by atoms with van der Waals surface area (Å²) >= 11 is 0. The van der Waals surface area contributed by atoms with E-state index in [-0.39, 0.29) is 0 Å². The van der Waals surface area contributed by atoms with Gasteiger partial charge in [-0.15, -0.1) is 5.10 Å². The summed E-state index contributed by atoms with van der Waals surface area (Å²) in [5.74, 6) is -1.03. The summed E-state index contributed by atoms with van der Waals surface area (Å²) in [6.45, 7) is 1.83. The van der Waals surface area contributed by atoms with Gasteiger partial charge >= 0.3 is 5.97 Å². The Kier molecular flexibility index (Phi) is 3.05. The highest BCUT2D eigenvalue weighted by molar-refractivity contribution is 5.87. The molecule has 0 amide bonds. The second-order valence-corrected chi connectivity index (χ2v) is 3.69. The Bertz CT molecular complexity index is 604. The molecule has 1 aromatic carbocycles. The molecule has 0 aliphatic carbocycles. The Morgan fingerprint density at radius 1 is 1.50 bits per heavy atom. The summed E-state index contributed by atoms with van der Waals surface area (Å²) in [6, 6.07) is 3.54. The van der Waals surface area contributed by atoms with Crippen molar-refractivity contribution in [1.82, 2.24) is 20.2 Å². The van der Waals surface area contributed by atoms with E-state index in [1.165, 1.54) is 17.1 Å². The summed E-state index contributed by atoms with van der Waals surface area (Å²) in [5.41, 5.74) is 8.58. The van der Waals surface area contributed by atoms with Crippen molar-refractivity contribution in [3.8, 4) is 5.69 Å². The van der Waals surface area contributed by atoms with Gasteiger partial charge in [-0.2, -0.15) is 0 Å². The zero-order valence-electron chi connectivity index (χ0n) is 9.61. The summed E-state index contributed by atoms with van der Waals surface area (Å²) in [7, 11) is 0. The van der Waals surface area contributed by atoms with Gasteiger partial charge in [0.25, 0.3) is 0 Å². The van der Waals surface area contributed by atoms with Crippen LogP contribution < -0.4 is 5.73 Å². The fourth-order valence-corrected chi connectivity index (χ4v) is 1.52. The molecule has 0 fully saturated rings. The minimum absolute atomic E-state index is 0.532. The number of carbonyl (C=O) groups is 1. The second kappa shape index (κ2) is 4.66. The molecule has 7 nitrogen and oxygen atoms in total. The normalized spacial score (nSPS) is 10.9. The van der Waals surface area contributed by atoms with Gasteiger partial charge < -0.3 is 10.8 Å². The number of carboxylic acids is 1. The molecule has 0 saturated heterocycles. The average molecular weight is 245 g/mol. The molecule has 92 valence electrons. The number of nitrogens with zero attached hydrogens (tertiary/aromatic N) is 4. The first-order chi connectivity index (χ1) is 8.58. The summed E-state index contributed by atoms with van der Waals surface area (Å²) in [5, 5.41) is 19.5. The monoisotopic (exact) mass is 245 g/mol. The van der Waals surface area contributed by atoms with Gasteiger partial charge in [0, 0.05) is 17.3 Å². The molecule has 2 aromatic rings. The Labute approximate surface area is 103 Å². The van der Waals surface area contributed by atoms with E-state index in [0.29, 0.717) is 11.3 Å². The van der Waals surface area contributed by atoms with E-state index in [1.54, 1.807) is 6.07 Å². The highest BCUT2D eigenvalue weighted by Gasteiger charge is 2.06. The van der Waals surface area contributed by atoms with Gasteiger partial charge in [-0.05, 0) is 41.1 Å². The third-order valence-corrected chi connectivity index (χ3v) is 2.42. The number of tetrazole rings is 1. The topological polar surface area (TPSA) is 107 Å². The van der Waals surface area contributed by atoms with Crippen LogP contribution in [0.25, 0.3) is 11.8 Å². The largest absolute Gasteiger partial charge is 0.478 e. The van der Waals surface area contributed by atoms with Crippen LogP contribution in [0.5, 0.6) is 0 Å². The van der Waals surface area contributed by atoms with E-state index in [0.717, 1.165) is 17.3 Å². The number of hydrogen-bond donors (Lipinski definition) is 2. The number of aryl methyl sites for hydroxylation is 1. The summed E-state index contributed by atoms with van der Waals surface area (Å²) in [6.07, 6.45) is 3.93. The van der Waals surface area contributed by atoms with Gasteiger partial charge in [0.2, 0.25) is 0 Å². The fraction of sp³-hybridized carbons (Fsp3) is 0.0909. The molecule has 0 saturated carbocycles. The van der Waals surface area contributed by atoms with E-state index in [1.807, 2.05) is 13.0 Å². The van der Waals surface area contributed by atoms with Crippen molar-refractivity contribution in [2.24, 2.45) is 0 Å². The van der Waals surface area contributed by atoms with Gasteiger partial charge in [-0.1, -0.05) is 0 Å². The van der Waals surface area contributed by atoms with E-state index in [2.05, 4.69) is 15.5 Å². The van der Waals surface area contributed by atoms with Crippen molar-refractivity contribution in [2.45, 2.75) is 6.92 Å². The second-order valence-electron chi connectivity index (χ2n) is 3.69. The lowest BCUT2D eigenvalue weighted by Gasteiger charge is -2.08. The Morgan fingerprint density at radius 2 is 2.28 bits per heavy atom. The van der Waals surface area contributed by atoms with Gasteiger partial charge in [0.1, 0.15) is 6.33 Å². The number of nitrogens with two attached hydrogens (primary N) is 1. The predicted molar refractivity (Wildman–Crippen MR) is 65.0 cm³/mol. The lowest BCUT2D eigenvalue weighted by atomic mass is 10.1. The molecule has 1 heterocycles. The molecule has 1 aromatic heterocycles. The molecule has 0 radical (unpaired) electrons. The molecule has 18 heavy (non-hydrogen) atoms. The predicted octanol–water partition coefficient (Wildman–Crippen LogP) is 0.651. The number of aromatic nitrogens is 4. The third-order valence-electron chi connectivity index (χ3n) is 2.42. The standard InChI is InChI=1S/C11H11N5O2/c1-7-4-9(16-6-13-14-15-16)5-8(11(7)12)2-3-10(17)18/h2-6H,12H2,1H3,(H,17,18)/b3-2+. The smallest absolute Gasteiger partial charge is 0.328 e. The van der Waals surface area contributed by atoms with Crippen LogP contribution in [0.1, 0.15) is 11.1 Å². The van der Waals surface area contributed by atoms with Crippen molar-refractivity contribution in [1.29, 1.82) is 0 Å². The Hall–Kier alpha value is -2.70. The molecule has 3 N–H and O–H groups in total. The van der Waals surface area contributed by atoms with Crippen LogP contribution in [0.4, 0.5) is 5.69 Å². The highest BCUT2D eigenvalue weighted by atomic mass is 16.4. The number of nitrogen functional groups attached to an aromatic ring is 1. The number of anilines is 1. The Balaban J connectivity index is 2.50. The zero-order valence-corrected chi connectivity index (χ0v) is 9.61. The first-order valence-electron chi connectivity index (χ1n) is 5.12. The minimum Gasteiger partial charge on any atom is -0.478 e. The zero-order chi connectivity index (χ0) is 13.1. The van der Waals surface area contributed by atoms with Crippen LogP contribution in [0.3, 0.4) is 0 Å². The molecular weight excluding hydrogens is 234 g/mol. The number of aliphatic carboxylic acids is 1. The van der Waals surface area contributed by atoms with Crippen molar-refractivity contribution in [2.75, 3.05) is 5.73 Å². The fourth-order valence-electron chi connectivity index (χ4n) is 1.52. The molecule has 0 atom stereocenters. The van der Waals surface area contributed by atoms with Crippen molar-refractivity contribution in [3.63, 3.8) is 0 Å². The highest BCUT2D eigenvalue weighted by Crippen LogP contribution is 2.22. The lowest BCUT2D eigenvalue weighted by Crippen LogP contribution is -2.00. The van der Waals surface area contributed by atoms with E-state index in [9.17, 15) is 4.79 Å². The van der Waals surface area contributed by atoms with Gasteiger partial charge in [0.15, 0.2) is 0 Å². The van der Waals surface area contributed by atoms with Crippen LogP contribution in [-0.2, 0) is 4.79 Å². The van der Waals surface area contributed by atoms with E-state index >= 15 is 0 Å². The number of rotatable bonds is 3. The van der Waals surface area contributed by atoms with E-state index < -0.39 is 5.97 Å². The van der Waals surface area contributed by atoms with E-state index in [4.69, 9.17) is 10.8 Å². The van der Waals surface area contributed by atoms with Crippen LogP contribution in [-0.4, -0.2) is 31.3 Å². The maximum absolute atomic E-state index is 10.5. The number of benzene rings is 1. The Morgan fingerprint density at radius 3 is 2.89 bits per heavy atom. The summed E-state index contributed by atoms with van der Waals surface area (Å²) < 4.78 is 1.48. The summed E-state index contributed by atoms with van der Waals surface area (Å²) in [4.78, 5) is 10.5. The molecular formula is C11H11N5O2. The molecule has 2 rings (SSSR count). The molecule has 0 aliphatic heterocycles.